The average Bonchev–Trinajstić information content (AvgIpc) is 3.09. The number of pyridine rings is 1. The zero-order valence-electron chi connectivity index (χ0n) is 13.4. The van der Waals surface area contributed by atoms with E-state index in [9.17, 15) is 4.79 Å². The lowest BCUT2D eigenvalue weighted by molar-refractivity contribution is -0.134. The molecule has 118 valence electrons. The molecule has 0 aliphatic carbocycles. The zero-order chi connectivity index (χ0) is 16.2. The predicted molar refractivity (Wildman–Crippen MR) is 89.8 cm³/mol. The number of aromatic nitrogens is 3. The van der Waals surface area contributed by atoms with E-state index < -0.39 is 0 Å². The molecule has 0 bridgehead atoms. The van der Waals surface area contributed by atoms with Crippen LogP contribution in [0.1, 0.15) is 24.9 Å². The lowest BCUT2D eigenvalue weighted by Crippen LogP contribution is -2.34. The molecule has 0 aliphatic heterocycles. The van der Waals surface area contributed by atoms with Gasteiger partial charge >= 0.3 is 0 Å². The normalized spacial score (nSPS) is 12.3. The van der Waals surface area contributed by atoms with E-state index in [4.69, 9.17) is 0 Å². The number of nitrogens with zero attached hydrogens (tertiary/aromatic N) is 4. The zero-order valence-corrected chi connectivity index (χ0v) is 13.4. The first-order valence-electron chi connectivity index (χ1n) is 7.77. The molecule has 0 saturated carbocycles. The van der Waals surface area contributed by atoms with Crippen molar-refractivity contribution in [1.29, 1.82) is 0 Å². The van der Waals surface area contributed by atoms with Gasteiger partial charge in [0.15, 0.2) is 0 Å². The summed E-state index contributed by atoms with van der Waals surface area (Å²) in [5, 5.41) is 5.29. The van der Waals surface area contributed by atoms with Crippen LogP contribution in [0.4, 0.5) is 0 Å². The maximum Gasteiger partial charge on any atom is 0.247 e. The van der Waals surface area contributed by atoms with Crippen molar-refractivity contribution in [3.8, 4) is 0 Å². The Balaban J connectivity index is 1.76. The third-order valence-electron chi connectivity index (χ3n) is 3.98. The molecule has 0 radical (unpaired) electrons. The number of hydrogen-bond acceptors (Lipinski definition) is 3. The van der Waals surface area contributed by atoms with Gasteiger partial charge in [-0.2, -0.15) is 5.10 Å². The number of carbonyl (C=O) groups excluding carboxylic acids is 1. The summed E-state index contributed by atoms with van der Waals surface area (Å²) >= 11 is 0. The van der Waals surface area contributed by atoms with Crippen molar-refractivity contribution >= 4 is 16.8 Å². The lowest BCUT2D eigenvalue weighted by atomic mass is 10.1. The molecule has 1 aromatic carbocycles. The second-order valence-electron chi connectivity index (χ2n) is 5.63. The Morgan fingerprint density at radius 1 is 1.26 bits per heavy atom. The van der Waals surface area contributed by atoms with Crippen molar-refractivity contribution in [2.45, 2.75) is 25.9 Å². The molecule has 0 saturated heterocycles. The highest BCUT2D eigenvalue weighted by atomic mass is 16.2. The number of rotatable bonds is 5. The minimum absolute atomic E-state index is 0.0717. The molecule has 0 unspecified atom stereocenters. The van der Waals surface area contributed by atoms with Crippen LogP contribution in [-0.4, -0.2) is 32.6 Å². The van der Waals surface area contributed by atoms with Gasteiger partial charge in [0.05, 0.1) is 5.52 Å². The molecule has 0 spiro atoms. The molecule has 0 N–H and O–H groups in total. The summed E-state index contributed by atoms with van der Waals surface area (Å²) in [6.45, 7) is 2.57. The van der Waals surface area contributed by atoms with Gasteiger partial charge in [0.25, 0.3) is 0 Å². The summed E-state index contributed by atoms with van der Waals surface area (Å²) in [7, 11) is 1.84. The maximum absolute atomic E-state index is 12.7. The van der Waals surface area contributed by atoms with Crippen LogP contribution in [0.5, 0.6) is 0 Å². The highest BCUT2D eigenvalue weighted by molar-refractivity contribution is 5.81. The third-order valence-corrected chi connectivity index (χ3v) is 3.98. The average molecular weight is 308 g/mol. The topological polar surface area (TPSA) is 51.0 Å². The van der Waals surface area contributed by atoms with E-state index in [-0.39, 0.29) is 11.9 Å². The Hall–Kier alpha value is -2.69. The Bertz CT molecular complexity index is 798. The third kappa shape index (κ3) is 3.23. The van der Waals surface area contributed by atoms with Crippen molar-refractivity contribution < 1.29 is 4.79 Å². The first kappa shape index (κ1) is 15.2. The van der Waals surface area contributed by atoms with Gasteiger partial charge in [0.1, 0.15) is 6.04 Å². The van der Waals surface area contributed by atoms with Gasteiger partial charge < -0.3 is 4.90 Å². The molecule has 1 amide bonds. The van der Waals surface area contributed by atoms with Crippen LogP contribution in [0.2, 0.25) is 0 Å². The summed E-state index contributed by atoms with van der Waals surface area (Å²) < 4.78 is 1.73. The molecule has 2 aromatic heterocycles. The highest BCUT2D eigenvalue weighted by Crippen LogP contribution is 2.17. The molecule has 1 atom stereocenters. The van der Waals surface area contributed by atoms with E-state index in [1.807, 2.05) is 50.5 Å². The Kier molecular flexibility index (Phi) is 4.37. The SMILES string of the molecule is CC[C@H](C(=O)N(C)Cc1ccc2ncccc2c1)n1cccn1. The summed E-state index contributed by atoms with van der Waals surface area (Å²) in [5.74, 6) is 0.0717. The van der Waals surface area contributed by atoms with Crippen LogP contribution in [0.3, 0.4) is 0 Å². The number of likely N-dealkylation sites (N-methyl/N-ethyl adjacent to an activating group) is 1. The molecule has 0 fully saturated rings. The van der Waals surface area contributed by atoms with Crippen molar-refractivity contribution in [1.82, 2.24) is 19.7 Å². The first-order chi connectivity index (χ1) is 11.2. The van der Waals surface area contributed by atoms with Crippen molar-refractivity contribution in [2.75, 3.05) is 7.05 Å². The molecule has 2 heterocycles. The fourth-order valence-electron chi connectivity index (χ4n) is 2.77. The Morgan fingerprint density at radius 3 is 2.87 bits per heavy atom. The summed E-state index contributed by atoms with van der Waals surface area (Å²) in [5.41, 5.74) is 2.06. The van der Waals surface area contributed by atoms with E-state index in [2.05, 4.69) is 16.1 Å². The van der Waals surface area contributed by atoms with Gasteiger partial charge in [-0.3, -0.25) is 14.5 Å². The second-order valence-corrected chi connectivity index (χ2v) is 5.63. The lowest BCUT2D eigenvalue weighted by Gasteiger charge is -2.23. The Labute approximate surface area is 135 Å². The standard InChI is InChI=1S/C18H20N4O/c1-3-17(22-11-5-10-20-22)18(23)21(2)13-14-7-8-16-15(12-14)6-4-9-19-16/h4-12,17H,3,13H2,1-2H3/t17-/m1/s1. The minimum atomic E-state index is -0.253. The first-order valence-corrected chi connectivity index (χ1v) is 7.77. The largest absolute Gasteiger partial charge is 0.340 e. The fraction of sp³-hybridized carbons (Fsp3) is 0.278. The molecule has 3 rings (SSSR count). The quantitative estimate of drug-likeness (QED) is 0.728. The maximum atomic E-state index is 12.7. The van der Waals surface area contributed by atoms with Gasteiger partial charge in [0.2, 0.25) is 5.91 Å². The fourth-order valence-corrected chi connectivity index (χ4v) is 2.77. The van der Waals surface area contributed by atoms with Crippen molar-refractivity contribution in [3.63, 3.8) is 0 Å². The molecular weight excluding hydrogens is 288 g/mol. The van der Waals surface area contributed by atoms with Crippen LogP contribution < -0.4 is 0 Å². The minimum Gasteiger partial charge on any atom is -0.340 e. The number of carbonyl (C=O) groups is 1. The molecule has 5 heteroatoms. The van der Waals surface area contributed by atoms with E-state index >= 15 is 0 Å². The summed E-state index contributed by atoms with van der Waals surface area (Å²) in [6.07, 6.45) is 6.04. The molecule has 23 heavy (non-hydrogen) atoms. The second kappa shape index (κ2) is 6.60. The van der Waals surface area contributed by atoms with Crippen LogP contribution in [0.15, 0.2) is 55.0 Å². The molecule has 3 aromatic rings. The van der Waals surface area contributed by atoms with Crippen LogP contribution >= 0.6 is 0 Å². The predicted octanol–water partition coefficient (Wildman–Crippen LogP) is 3.04. The van der Waals surface area contributed by atoms with Gasteiger partial charge in [0, 0.05) is 37.6 Å². The highest BCUT2D eigenvalue weighted by Gasteiger charge is 2.22. The van der Waals surface area contributed by atoms with Gasteiger partial charge in [-0.1, -0.05) is 19.1 Å². The van der Waals surface area contributed by atoms with E-state index in [0.717, 1.165) is 16.5 Å². The summed E-state index contributed by atoms with van der Waals surface area (Å²) in [6, 6.07) is 11.6. The van der Waals surface area contributed by atoms with Gasteiger partial charge in [-0.05, 0) is 36.2 Å². The van der Waals surface area contributed by atoms with Gasteiger partial charge in [-0.25, -0.2) is 0 Å². The van der Waals surface area contributed by atoms with Crippen LogP contribution in [0.25, 0.3) is 10.9 Å². The number of amides is 1. The molecular formula is C18H20N4O. The smallest absolute Gasteiger partial charge is 0.247 e. The number of hydrogen-bond donors (Lipinski definition) is 0. The van der Waals surface area contributed by atoms with E-state index in [0.29, 0.717) is 13.0 Å². The van der Waals surface area contributed by atoms with E-state index in [1.54, 1.807) is 22.0 Å². The van der Waals surface area contributed by atoms with Crippen LogP contribution in [0, 0.1) is 0 Å². The van der Waals surface area contributed by atoms with Crippen molar-refractivity contribution in [3.05, 3.63) is 60.6 Å². The number of fused-ring (bicyclic) bond motifs is 1. The Morgan fingerprint density at radius 2 is 2.13 bits per heavy atom. The van der Waals surface area contributed by atoms with E-state index in [1.165, 1.54) is 0 Å². The van der Waals surface area contributed by atoms with Crippen LogP contribution in [-0.2, 0) is 11.3 Å². The molecule has 5 nitrogen and oxygen atoms in total. The monoisotopic (exact) mass is 308 g/mol. The molecule has 0 aliphatic rings. The summed E-state index contributed by atoms with van der Waals surface area (Å²) in [4.78, 5) is 18.8. The van der Waals surface area contributed by atoms with Crippen molar-refractivity contribution in [2.24, 2.45) is 0 Å². The van der Waals surface area contributed by atoms with Gasteiger partial charge in [-0.15, -0.1) is 0 Å². The number of benzene rings is 1.